The summed E-state index contributed by atoms with van der Waals surface area (Å²) in [5.74, 6) is 1.49. The second-order valence-electron chi connectivity index (χ2n) is 5.23. The maximum absolute atomic E-state index is 4.58. The lowest BCUT2D eigenvalue weighted by molar-refractivity contribution is 0.439. The van der Waals surface area contributed by atoms with Crippen molar-refractivity contribution in [1.29, 1.82) is 0 Å². The van der Waals surface area contributed by atoms with Crippen LogP contribution in [0.4, 0.5) is 0 Å². The monoisotopic (exact) mass is 209 g/mol. The summed E-state index contributed by atoms with van der Waals surface area (Å²) >= 11 is 0. The van der Waals surface area contributed by atoms with E-state index in [1.54, 1.807) is 0 Å². The first kappa shape index (κ1) is 12.7. The third kappa shape index (κ3) is 5.96. The molecule has 0 aliphatic carbocycles. The van der Waals surface area contributed by atoms with Crippen LogP contribution in [0.15, 0.2) is 4.99 Å². The van der Waals surface area contributed by atoms with Crippen molar-refractivity contribution in [3.63, 3.8) is 0 Å². The van der Waals surface area contributed by atoms with Gasteiger partial charge < -0.3 is 0 Å². The van der Waals surface area contributed by atoms with Crippen molar-refractivity contribution in [3.05, 3.63) is 0 Å². The van der Waals surface area contributed by atoms with Gasteiger partial charge in [-0.05, 0) is 24.7 Å². The van der Waals surface area contributed by atoms with Gasteiger partial charge >= 0.3 is 0 Å². The van der Waals surface area contributed by atoms with Crippen molar-refractivity contribution in [1.82, 2.24) is 0 Å². The summed E-state index contributed by atoms with van der Waals surface area (Å²) in [6.07, 6.45) is 13.4. The van der Waals surface area contributed by atoms with Crippen molar-refractivity contribution in [2.75, 3.05) is 6.54 Å². The highest BCUT2D eigenvalue weighted by Gasteiger charge is 2.10. The van der Waals surface area contributed by atoms with Gasteiger partial charge in [-0.25, -0.2) is 0 Å². The van der Waals surface area contributed by atoms with E-state index in [1.165, 1.54) is 51.4 Å². The highest BCUT2D eigenvalue weighted by atomic mass is 14.7. The summed E-state index contributed by atoms with van der Waals surface area (Å²) in [6.45, 7) is 5.70. The molecule has 1 heteroatoms. The third-order valence-corrected chi connectivity index (χ3v) is 3.48. The Morgan fingerprint density at radius 1 is 0.933 bits per heavy atom. The average molecular weight is 209 g/mol. The summed E-state index contributed by atoms with van der Waals surface area (Å²) in [5.41, 5.74) is 0. The molecule has 1 heterocycles. The molecule has 0 saturated heterocycles. The van der Waals surface area contributed by atoms with E-state index in [0.29, 0.717) is 0 Å². The molecule has 0 bridgehead atoms. The Morgan fingerprint density at radius 3 is 2.20 bits per heavy atom. The Labute approximate surface area is 95.4 Å². The predicted octanol–water partition coefficient (Wildman–Crippen LogP) is 4.46. The van der Waals surface area contributed by atoms with Crippen molar-refractivity contribution >= 4 is 6.21 Å². The highest BCUT2D eigenvalue weighted by Crippen LogP contribution is 2.18. The summed E-state index contributed by atoms with van der Waals surface area (Å²) < 4.78 is 0. The summed E-state index contributed by atoms with van der Waals surface area (Å²) in [6, 6.07) is 0. The molecule has 1 unspecified atom stereocenters. The Hall–Kier alpha value is -0.330. The lowest BCUT2D eigenvalue weighted by atomic mass is 9.91. The van der Waals surface area contributed by atoms with Crippen LogP contribution in [0.2, 0.25) is 0 Å². The number of aliphatic imine (C=N–C) groups is 1. The topological polar surface area (TPSA) is 12.4 Å². The van der Waals surface area contributed by atoms with Gasteiger partial charge in [-0.1, -0.05) is 52.4 Å². The van der Waals surface area contributed by atoms with E-state index in [4.69, 9.17) is 0 Å². The fourth-order valence-electron chi connectivity index (χ4n) is 2.26. The minimum Gasteiger partial charge on any atom is -0.297 e. The van der Waals surface area contributed by atoms with Crippen LogP contribution in [0, 0.1) is 11.8 Å². The molecule has 88 valence electrons. The molecule has 0 aromatic carbocycles. The summed E-state index contributed by atoms with van der Waals surface area (Å²) in [4.78, 5) is 4.58. The van der Waals surface area contributed by atoms with Crippen LogP contribution in [0.5, 0.6) is 0 Å². The molecule has 0 radical (unpaired) electrons. The lowest BCUT2D eigenvalue weighted by Gasteiger charge is -2.16. The Bertz CT molecular complexity index is 172. The van der Waals surface area contributed by atoms with E-state index < -0.39 is 0 Å². The van der Waals surface area contributed by atoms with Crippen LogP contribution in [-0.4, -0.2) is 12.8 Å². The van der Waals surface area contributed by atoms with E-state index in [0.717, 1.165) is 18.4 Å². The van der Waals surface area contributed by atoms with Gasteiger partial charge in [0.25, 0.3) is 0 Å². The molecule has 0 aromatic heterocycles. The smallest absolute Gasteiger partial charge is 0.0385 e. The molecular weight excluding hydrogens is 182 g/mol. The normalized spacial score (nSPS) is 25.9. The molecule has 0 fully saturated rings. The fourth-order valence-corrected chi connectivity index (χ4v) is 2.26. The number of nitrogens with zero attached hydrogens (tertiary/aromatic N) is 1. The van der Waals surface area contributed by atoms with E-state index in [9.17, 15) is 0 Å². The number of hydrogen-bond donors (Lipinski definition) is 0. The molecule has 0 aromatic rings. The first-order valence-electron chi connectivity index (χ1n) is 6.80. The van der Waals surface area contributed by atoms with Gasteiger partial charge in [0.05, 0.1) is 0 Å². The van der Waals surface area contributed by atoms with Gasteiger partial charge in [0, 0.05) is 12.8 Å². The van der Waals surface area contributed by atoms with Crippen LogP contribution in [0.1, 0.15) is 65.2 Å². The number of hydrogen-bond acceptors (Lipinski definition) is 1. The van der Waals surface area contributed by atoms with E-state index in [1.807, 2.05) is 0 Å². The van der Waals surface area contributed by atoms with Gasteiger partial charge in [-0.15, -0.1) is 0 Å². The van der Waals surface area contributed by atoms with Crippen LogP contribution in [0.25, 0.3) is 0 Å². The van der Waals surface area contributed by atoms with Gasteiger partial charge in [-0.3, -0.25) is 4.99 Å². The van der Waals surface area contributed by atoms with Crippen molar-refractivity contribution < 1.29 is 0 Å². The van der Waals surface area contributed by atoms with Crippen molar-refractivity contribution in [2.45, 2.75) is 65.2 Å². The predicted molar refractivity (Wildman–Crippen MR) is 68.6 cm³/mol. The molecule has 0 spiro atoms. The Kier molecular flexibility index (Phi) is 6.71. The SMILES string of the molecule is CC(C)C1C=NCCCCCCCCC1. The average Bonchev–Trinajstić information content (AvgIpc) is 2.18. The van der Waals surface area contributed by atoms with Gasteiger partial charge in [-0.2, -0.15) is 0 Å². The molecular formula is C14H27N. The van der Waals surface area contributed by atoms with E-state index >= 15 is 0 Å². The largest absolute Gasteiger partial charge is 0.297 e. The van der Waals surface area contributed by atoms with Crippen LogP contribution in [0.3, 0.4) is 0 Å². The maximum Gasteiger partial charge on any atom is 0.0385 e. The highest BCUT2D eigenvalue weighted by molar-refractivity contribution is 5.60. The first-order chi connectivity index (χ1) is 7.30. The Balaban J connectivity index is 2.37. The quantitative estimate of drug-likeness (QED) is 0.604. The molecule has 0 N–H and O–H groups in total. The number of rotatable bonds is 1. The minimum absolute atomic E-state index is 0.726. The second kappa shape index (κ2) is 7.90. The molecule has 1 aliphatic rings. The zero-order chi connectivity index (χ0) is 10.9. The van der Waals surface area contributed by atoms with Crippen molar-refractivity contribution in [2.24, 2.45) is 16.8 Å². The fraction of sp³-hybridized carbons (Fsp3) is 0.929. The molecule has 0 amide bonds. The van der Waals surface area contributed by atoms with Crippen LogP contribution in [-0.2, 0) is 0 Å². The van der Waals surface area contributed by atoms with Crippen molar-refractivity contribution in [3.8, 4) is 0 Å². The summed E-state index contributed by atoms with van der Waals surface area (Å²) in [7, 11) is 0. The van der Waals surface area contributed by atoms with Crippen LogP contribution >= 0.6 is 0 Å². The van der Waals surface area contributed by atoms with E-state index in [-0.39, 0.29) is 0 Å². The standard InChI is InChI=1S/C14H27N/c1-13(2)14-10-8-6-4-3-5-7-9-11-15-12-14/h12-14H,3-11H2,1-2H3. The summed E-state index contributed by atoms with van der Waals surface area (Å²) in [5, 5.41) is 0. The zero-order valence-corrected chi connectivity index (χ0v) is 10.5. The van der Waals surface area contributed by atoms with Crippen LogP contribution < -0.4 is 0 Å². The second-order valence-corrected chi connectivity index (χ2v) is 5.23. The molecule has 0 saturated carbocycles. The molecule has 1 aliphatic heterocycles. The molecule has 1 nitrogen and oxygen atoms in total. The molecule has 1 atom stereocenters. The third-order valence-electron chi connectivity index (χ3n) is 3.48. The minimum atomic E-state index is 0.726. The molecule has 15 heavy (non-hydrogen) atoms. The maximum atomic E-state index is 4.58. The molecule has 1 rings (SSSR count). The van der Waals surface area contributed by atoms with Gasteiger partial charge in [0.1, 0.15) is 0 Å². The van der Waals surface area contributed by atoms with E-state index in [2.05, 4.69) is 25.1 Å². The lowest BCUT2D eigenvalue weighted by Crippen LogP contribution is -2.10. The Morgan fingerprint density at radius 2 is 1.53 bits per heavy atom. The zero-order valence-electron chi connectivity index (χ0n) is 10.5. The van der Waals surface area contributed by atoms with Gasteiger partial charge in [0.2, 0.25) is 0 Å². The first-order valence-corrected chi connectivity index (χ1v) is 6.80. The van der Waals surface area contributed by atoms with Gasteiger partial charge in [0.15, 0.2) is 0 Å².